The van der Waals surface area contributed by atoms with E-state index in [0.29, 0.717) is 12.5 Å². The molecular formula is C17H20N2O. The number of hydrogen-bond donors (Lipinski definition) is 2. The van der Waals surface area contributed by atoms with Gasteiger partial charge in [0.2, 0.25) is 5.91 Å². The molecule has 0 bridgehead atoms. The Labute approximate surface area is 119 Å². The van der Waals surface area contributed by atoms with Gasteiger partial charge in [0.1, 0.15) is 0 Å². The maximum Gasteiger partial charge on any atom is 0.224 e. The Bertz CT molecular complexity index is 638. The lowest BCUT2D eigenvalue weighted by molar-refractivity contribution is -0.122. The second-order valence-electron chi connectivity index (χ2n) is 5.70. The van der Waals surface area contributed by atoms with Crippen molar-refractivity contribution in [3.8, 4) is 0 Å². The van der Waals surface area contributed by atoms with Crippen molar-refractivity contribution >= 4 is 16.7 Å². The van der Waals surface area contributed by atoms with Crippen LogP contribution in [0.15, 0.2) is 42.5 Å². The standard InChI is InChI=1S/C17H20N2O/c1-11(10-18)19-17(20)16-9-15(16)14-7-6-12-4-2-3-5-13(12)8-14/h2-8,11,15-16H,9-10,18H2,1H3,(H,19,20)/t11-,15?,16?/m0/s1. The summed E-state index contributed by atoms with van der Waals surface area (Å²) in [4.78, 5) is 12.1. The molecule has 0 saturated heterocycles. The quantitative estimate of drug-likeness (QED) is 0.894. The molecule has 1 saturated carbocycles. The number of carbonyl (C=O) groups excluding carboxylic acids is 1. The van der Waals surface area contributed by atoms with Crippen LogP contribution in [0.2, 0.25) is 0 Å². The van der Waals surface area contributed by atoms with Gasteiger partial charge >= 0.3 is 0 Å². The van der Waals surface area contributed by atoms with Crippen LogP contribution in [0, 0.1) is 5.92 Å². The van der Waals surface area contributed by atoms with E-state index in [-0.39, 0.29) is 17.9 Å². The second-order valence-corrected chi connectivity index (χ2v) is 5.70. The Morgan fingerprint density at radius 2 is 2.05 bits per heavy atom. The first-order chi connectivity index (χ1) is 9.69. The van der Waals surface area contributed by atoms with Crippen LogP contribution >= 0.6 is 0 Å². The molecule has 1 aliphatic rings. The Morgan fingerprint density at radius 3 is 2.80 bits per heavy atom. The largest absolute Gasteiger partial charge is 0.352 e. The molecule has 1 aliphatic carbocycles. The van der Waals surface area contributed by atoms with Gasteiger partial charge in [-0.15, -0.1) is 0 Å². The van der Waals surface area contributed by atoms with E-state index in [4.69, 9.17) is 5.73 Å². The Balaban J connectivity index is 1.72. The van der Waals surface area contributed by atoms with Crippen molar-refractivity contribution in [1.29, 1.82) is 0 Å². The van der Waals surface area contributed by atoms with E-state index in [2.05, 4.69) is 35.6 Å². The highest BCUT2D eigenvalue weighted by molar-refractivity contribution is 5.85. The molecule has 104 valence electrons. The van der Waals surface area contributed by atoms with Gasteiger partial charge < -0.3 is 11.1 Å². The van der Waals surface area contributed by atoms with Gasteiger partial charge in [-0.05, 0) is 35.6 Å². The molecule has 20 heavy (non-hydrogen) atoms. The third kappa shape index (κ3) is 2.54. The molecule has 0 aliphatic heterocycles. The minimum Gasteiger partial charge on any atom is -0.352 e. The average Bonchev–Trinajstić information content (AvgIpc) is 3.27. The summed E-state index contributed by atoms with van der Waals surface area (Å²) >= 11 is 0. The van der Waals surface area contributed by atoms with Crippen LogP contribution in [0.25, 0.3) is 10.8 Å². The molecule has 0 aromatic heterocycles. The monoisotopic (exact) mass is 268 g/mol. The van der Waals surface area contributed by atoms with Crippen molar-refractivity contribution in [3.63, 3.8) is 0 Å². The van der Waals surface area contributed by atoms with Crippen molar-refractivity contribution in [2.24, 2.45) is 11.7 Å². The Hall–Kier alpha value is -1.87. The number of carbonyl (C=O) groups is 1. The first-order valence-corrected chi connectivity index (χ1v) is 7.18. The van der Waals surface area contributed by atoms with Gasteiger partial charge in [-0.1, -0.05) is 42.5 Å². The number of hydrogen-bond acceptors (Lipinski definition) is 2. The maximum atomic E-state index is 12.1. The van der Waals surface area contributed by atoms with Crippen LogP contribution in [-0.4, -0.2) is 18.5 Å². The number of rotatable bonds is 4. The summed E-state index contributed by atoms with van der Waals surface area (Å²) in [6.07, 6.45) is 0.946. The number of fused-ring (bicyclic) bond motifs is 1. The normalized spacial score (nSPS) is 22.5. The molecular weight excluding hydrogens is 248 g/mol. The van der Waals surface area contributed by atoms with E-state index >= 15 is 0 Å². The molecule has 2 unspecified atom stereocenters. The van der Waals surface area contributed by atoms with Gasteiger partial charge in [0.25, 0.3) is 0 Å². The Morgan fingerprint density at radius 1 is 1.30 bits per heavy atom. The third-order valence-corrected chi connectivity index (χ3v) is 4.07. The molecule has 2 aromatic rings. The predicted molar refractivity (Wildman–Crippen MR) is 81.5 cm³/mol. The molecule has 0 radical (unpaired) electrons. The van der Waals surface area contributed by atoms with E-state index in [0.717, 1.165) is 6.42 Å². The van der Waals surface area contributed by atoms with Crippen molar-refractivity contribution < 1.29 is 4.79 Å². The summed E-state index contributed by atoms with van der Waals surface area (Å²) in [6, 6.07) is 14.9. The van der Waals surface area contributed by atoms with Crippen LogP contribution in [0.3, 0.4) is 0 Å². The molecule has 3 nitrogen and oxygen atoms in total. The number of benzene rings is 2. The lowest BCUT2D eigenvalue weighted by atomic mass is 10.0. The molecule has 3 rings (SSSR count). The van der Waals surface area contributed by atoms with E-state index < -0.39 is 0 Å². The maximum absolute atomic E-state index is 12.1. The molecule has 0 heterocycles. The summed E-state index contributed by atoms with van der Waals surface area (Å²) in [6.45, 7) is 2.42. The highest BCUT2D eigenvalue weighted by atomic mass is 16.2. The average molecular weight is 268 g/mol. The lowest BCUT2D eigenvalue weighted by Crippen LogP contribution is -2.38. The van der Waals surface area contributed by atoms with Gasteiger partial charge in [-0.25, -0.2) is 0 Å². The number of amides is 1. The van der Waals surface area contributed by atoms with Gasteiger partial charge in [-0.2, -0.15) is 0 Å². The molecule has 1 amide bonds. The number of nitrogens with two attached hydrogens (primary N) is 1. The van der Waals surface area contributed by atoms with Gasteiger partial charge in [0.15, 0.2) is 0 Å². The minimum atomic E-state index is 0.0559. The predicted octanol–water partition coefficient (Wildman–Crippen LogP) is 2.41. The zero-order valence-electron chi connectivity index (χ0n) is 11.7. The highest BCUT2D eigenvalue weighted by Gasteiger charge is 2.44. The Kier molecular flexibility index (Phi) is 3.45. The van der Waals surface area contributed by atoms with Crippen LogP contribution in [-0.2, 0) is 4.79 Å². The highest BCUT2D eigenvalue weighted by Crippen LogP contribution is 2.48. The fourth-order valence-corrected chi connectivity index (χ4v) is 2.70. The van der Waals surface area contributed by atoms with E-state index in [1.54, 1.807) is 0 Å². The van der Waals surface area contributed by atoms with Gasteiger partial charge in [-0.3, -0.25) is 4.79 Å². The van der Waals surface area contributed by atoms with Crippen LogP contribution in [0.1, 0.15) is 24.8 Å². The van der Waals surface area contributed by atoms with Crippen molar-refractivity contribution in [2.45, 2.75) is 25.3 Å². The summed E-state index contributed by atoms with van der Waals surface area (Å²) in [5, 5.41) is 5.45. The first kappa shape index (κ1) is 13.1. The SMILES string of the molecule is C[C@@H](CN)NC(=O)C1CC1c1ccc2ccccc2c1. The van der Waals surface area contributed by atoms with Gasteiger partial charge in [0, 0.05) is 18.5 Å². The zero-order valence-corrected chi connectivity index (χ0v) is 11.7. The lowest BCUT2D eigenvalue weighted by Gasteiger charge is -2.11. The van der Waals surface area contributed by atoms with Crippen molar-refractivity contribution in [3.05, 3.63) is 48.0 Å². The van der Waals surface area contributed by atoms with E-state index in [9.17, 15) is 4.79 Å². The molecule has 0 spiro atoms. The molecule has 3 atom stereocenters. The van der Waals surface area contributed by atoms with Gasteiger partial charge in [0.05, 0.1) is 0 Å². The number of nitrogens with one attached hydrogen (secondary N) is 1. The summed E-state index contributed by atoms with van der Waals surface area (Å²) in [5.74, 6) is 0.621. The minimum absolute atomic E-state index is 0.0559. The summed E-state index contributed by atoms with van der Waals surface area (Å²) in [7, 11) is 0. The van der Waals surface area contributed by atoms with E-state index in [1.165, 1.54) is 16.3 Å². The fourth-order valence-electron chi connectivity index (χ4n) is 2.70. The van der Waals surface area contributed by atoms with Crippen molar-refractivity contribution in [1.82, 2.24) is 5.32 Å². The second kappa shape index (κ2) is 5.25. The van der Waals surface area contributed by atoms with Crippen molar-refractivity contribution in [2.75, 3.05) is 6.54 Å². The third-order valence-electron chi connectivity index (χ3n) is 4.07. The first-order valence-electron chi connectivity index (χ1n) is 7.18. The van der Waals surface area contributed by atoms with Crippen LogP contribution < -0.4 is 11.1 Å². The summed E-state index contributed by atoms with van der Waals surface area (Å²) < 4.78 is 0. The van der Waals surface area contributed by atoms with Crippen LogP contribution in [0.4, 0.5) is 0 Å². The fraction of sp³-hybridized carbons (Fsp3) is 0.353. The molecule has 2 aromatic carbocycles. The molecule has 3 N–H and O–H groups in total. The van der Waals surface area contributed by atoms with E-state index in [1.807, 2.05) is 19.1 Å². The summed E-state index contributed by atoms with van der Waals surface area (Å²) in [5.41, 5.74) is 6.80. The zero-order chi connectivity index (χ0) is 14.1. The topological polar surface area (TPSA) is 55.1 Å². The molecule has 3 heteroatoms. The smallest absolute Gasteiger partial charge is 0.224 e. The van der Waals surface area contributed by atoms with Crippen LogP contribution in [0.5, 0.6) is 0 Å². The molecule has 1 fully saturated rings.